The molecule has 0 aromatic heterocycles. The van der Waals surface area contributed by atoms with Gasteiger partial charge in [0.25, 0.3) is 0 Å². The maximum Gasteiger partial charge on any atom is 0.242 e. The van der Waals surface area contributed by atoms with Crippen LogP contribution in [0.1, 0.15) is 34.6 Å². The highest BCUT2D eigenvalue weighted by molar-refractivity contribution is 5.52. The summed E-state index contributed by atoms with van der Waals surface area (Å²) in [6, 6.07) is 12.8. The molecule has 0 radical (unpaired) electrons. The van der Waals surface area contributed by atoms with Crippen molar-refractivity contribution in [3.63, 3.8) is 0 Å². The molecule has 0 N–H and O–H groups in total. The fourth-order valence-corrected chi connectivity index (χ4v) is 3.11. The van der Waals surface area contributed by atoms with Crippen LogP contribution in [0.5, 0.6) is 11.5 Å². The summed E-state index contributed by atoms with van der Waals surface area (Å²) >= 11 is 0. The van der Waals surface area contributed by atoms with E-state index < -0.39 is 0 Å². The van der Waals surface area contributed by atoms with Crippen molar-refractivity contribution in [2.75, 3.05) is 0 Å². The van der Waals surface area contributed by atoms with Crippen molar-refractivity contribution in [2.24, 2.45) is 0 Å². The molecule has 0 saturated carbocycles. The number of ether oxygens (including phenoxy) is 2. The van der Waals surface area contributed by atoms with Crippen LogP contribution in [0.2, 0.25) is 0 Å². The van der Waals surface area contributed by atoms with Gasteiger partial charge in [-0.25, -0.2) is 0 Å². The molecule has 2 aromatic rings. The molecule has 4 rings (SSSR count). The lowest BCUT2D eigenvalue weighted by atomic mass is 9.83. The Kier molecular flexibility index (Phi) is 2.16. The number of benzene rings is 2. The van der Waals surface area contributed by atoms with Gasteiger partial charge in [0.05, 0.1) is 0 Å². The Hall–Kier alpha value is -1.96. The topological polar surface area (TPSA) is 18.5 Å². The van der Waals surface area contributed by atoms with E-state index in [-0.39, 0.29) is 6.29 Å². The van der Waals surface area contributed by atoms with Gasteiger partial charge in [-0.05, 0) is 26.0 Å². The predicted octanol–water partition coefficient (Wildman–Crippen LogP) is 3.94. The van der Waals surface area contributed by atoms with Gasteiger partial charge in [-0.2, -0.15) is 0 Å². The first-order valence-electron chi connectivity index (χ1n) is 6.75. The van der Waals surface area contributed by atoms with E-state index in [9.17, 15) is 0 Å². The van der Waals surface area contributed by atoms with E-state index >= 15 is 0 Å². The summed E-state index contributed by atoms with van der Waals surface area (Å²) in [5.74, 6) is 2.34. The molecule has 0 aliphatic carbocycles. The Morgan fingerprint density at radius 3 is 1.89 bits per heavy atom. The summed E-state index contributed by atoms with van der Waals surface area (Å²) in [5, 5.41) is 0. The fourth-order valence-electron chi connectivity index (χ4n) is 3.11. The summed E-state index contributed by atoms with van der Waals surface area (Å²) < 4.78 is 11.8. The van der Waals surface area contributed by atoms with Crippen molar-refractivity contribution in [3.05, 3.63) is 58.7 Å². The van der Waals surface area contributed by atoms with Crippen molar-refractivity contribution >= 4 is 0 Å². The van der Waals surface area contributed by atoms with E-state index in [1.807, 2.05) is 0 Å². The Morgan fingerprint density at radius 2 is 1.37 bits per heavy atom. The van der Waals surface area contributed by atoms with Crippen LogP contribution in [0.3, 0.4) is 0 Å². The molecule has 2 heteroatoms. The molecular formula is C17H16O2. The first-order valence-corrected chi connectivity index (χ1v) is 6.75. The molecule has 2 heterocycles. The summed E-state index contributed by atoms with van der Waals surface area (Å²) in [5.41, 5.74) is 5.15. The van der Waals surface area contributed by atoms with Crippen LogP contribution < -0.4 is 9.47 Å². The zero-order valence-electron chi connectivity index (χ0n) is 11.1. The maximum atomic E-state index is 5.92. The summed E-state index contributed by atoms with van der Waals surface area (Å²) in [7, 11) is 0. The van der Waals surface area contributed by atoms with E-state index in [4.69, 9.17) is 9.47 Å². The minimum absolute atomic E-state index is 0.143. The molecule has 0 saturated heterocycles. The Labute approximate surface area is 113 Å². The smallest absolute Gasteiger partial charge is 0.242 e. The fraction of sp³-hybridized carbons (Fsp3) is 0.294. The third-order valence-electron chi connectivity index (χ3n) is 4.03. The number of hydrogen-bond acceptors (Lipinski definition) is 2. The van der Waals surface area contributed by atoms with Crippen LogP contribution >= 0.6 is 0 Å². The molecule has 2 aliphatic rings. The molecule has 96 valence electrons. The Balaban J connectivity index is 1.93. The summed E-state index contributed by atoms with van der Waals surface area (Å²) in [6.07, 6.45) is 0.766. The Bertz CT molecular complexity index is 605. The third kappa shape index (κ3) is 1.63. The molecule has 0 fully saturated rings. The third-order valence-corrected chi connectivity index (χ3v) is 4.03. The molecule has 0 unspecified atom stereocenters. The van der Waals surface area contributed by atoms with Gasteiger partial charge in [-0.1, -0.05) is 35.4 Å². The predicted molar refractivity (Wildman–Crippen MR) is 73.9 cm³/mol. The molecule has 19 heavy (non-hydrogen) atoms. The second-order valence-electron chi connectivity index (χ2n) is 5.54. The lowest BCUT2D eigenvalue weighted by Crippen LogP contribution is -2.35. The van der Waals surface area contributed by atoms with Crippen LogP contribution in [0.4, 0.5) is 0 Å². The second kappa shape index (κ2) is 3.77. The average Bonchev–Trinajstić information content (AvgIpc) is 2.40. The van der Waals surface area contributed by atoms with Gasteiger partial charge in [-0.3, -0.25) is 0 Å². The van der Waals surface area contributed by atoms with Gasteiger partial charge in [0.1, 0.15) is 11.5 Å². The number of fused-ring (bicyclic) bond motifs is 6. The lowest BCUT2D eigenvalue weighted by molar-refractivity contribution is -0.0264. The Morgan fingerprint density at radius 1 is 0.842 bits per heavy atom. The monoisotopic (exact) mass is 252 g/mol. The molecule has 2 aliphatic heterocycles. The standard InChI is InChI=1S/C17H16O2/c1-10-3-5-15-13(7-10)12-9-17(18-15)19-16-6-4-11(2)8-14(12)16/h3-8,12,17H,9H2,1-2H3. The minimum atomic E-state index is -0.143. The van der Waals surface area contributed by atoms with Crippen LogP contribution in [0, 0.1) is 13.8 Å². The number of hydrogen-bond donors (Lipinski definition) is 0. The summed E-state index contributed by atoms with van der Waals surface area (Å²) in [6.45, 7) is 4.26. The number of rotatable bonds is 0. The molecule has 2 nitrogen and oxygen atoms in total. The molecule has 2 bridgehead atoms. The van der Waals surface area contributed by atoms with E-state index in [0.29, 0.717) is 5.92 Å². The van der Waals surface area contributed by atoms with Gasteiger partial charge in [-0.15, -0.1) is 0 Å². The van der Waals surface area contributed by atoms with E-state index in [1.165, 1.54) is 22.3 Å². The molecular weight excluding hydrogens is 236 g/mol. The van der Waals surface area contributed by atoms with Crippen molar-refractivity contribution in [1.29, 1.82) is 0 Å². The van der Waals surface area contributed by atoms with Crippen molar-refractivity contribution in [1.82, 2.24) is 0 Å². The minimum Gasteiger partial charge on any atom is -0.455 e. The van der Waals surface area contributed by atoms with Gasteiger partial charge >= 0.3 is 0 Å². The van der Waals surface area contributed by atoms with E-state index in [2.05, 4.69) is 50.2 Å². The zero-order valence-corrected chi connectivity index (χ0v) is 11.1. The van der Waals surface area contributed by atoms with Gasteiger partial charge in [0, 0.05) is 23.5 Å². The molecule has 0 atom stereocenters. The maximum absolute atomic E-state index is 5.92. The first-order chi connectivity index (χ1) is 9.20. The van der Waals surface area contributed by atoms with Crippen molar-refractivity contribution in [3.8, 4) is 11.5 Å². The zero-order chi connectivity index (χ0) is 13.0. The van der Waals surface area contributed by atoms with Crippen molar-refractivity contribution in [2.45, 2.75) is 32.5 Å². The van der Waals surface area contributed by atoms with Crippen LogP contribution in [0.15, 0.2) is 36.4 Å². The van der Waals surface area contributed by atoms with Crippen molar-refractivity contribution < 1.29 is 9.47 Å². The van der Waals surface area contributed by atoms with Gasteiger partial charge in [0.2, 0.25) is 6.29 Å². The van der Waals surface area contributed by atoms with Crippen LogP contribution in [0.25, 0.3) is 0 Å². The molecule has 2 aromatic carbocycles. The second-order valence-corrected chi connectivity index (χ2v) is 5.54. The quantitative estimate of drug-likeness (QED) is 0.707. The van der Waals surface area contributed by atoms with E-state index in [1.54, 1.807) is 0 Å². The number of aryl methyl sites for hydroxylation is 2. The first kappa shape index (κ1) is 10.9. The van der Waals surface area contributed by atoms with Crippen LogP contribution in [-0.2, 0) is 0 Å². The van der Waals surface area contributed by atoms with Gasteiger partial charge < -0.3 is 9.47 Å². The average molecular weight is 252 g/mol. The van der Waals surface area contributed by atoms with Gasteiger partial charge in [0.15, 0.2) is 0 Å². The normalized spacial score (nSPS) is 22.8. The molecule has 0 spiro atoms. The van der Waals surface area contributed by atoms with Crippen LogP contribution in [-0.4, -0.2) is 6.29 Å². The summed E-state index contributed by atoms with van der Waals surface area (Å²) in [4.78, 5) is 0. The highest BCUT2D eigenvalue weighted by Crippen LogP contribution is 2.47. The SMILES string of the molecule is Cc1ccc2c(c1)C1CC(O2)Oc2ccc(C)cc21. The largest absolute Gasteiger partial charge is 0.455 e. The lowest BCUT2D eigenvalue weighted by Gasteiger charge is -2.38. The highest BCUT2D eigenvalue weighted by Gasteiger charge is 2.36. The molecule has 0 amide bonds. The highest BCUT2D eigenvalue weighted by atomic mass is 16.7. The van der Waals surface area contributed by atoms with E-state index in [0.717, 1.165) is 17.9 Å².